The van der Waals surface area contributed by atoms with Crippen molar-refractivity contribution in [3.63, 3.8) is 0 Å². The summed E-state index contributed by atoms with van der Waals surface area (Å²) in [6, 6.07) is 3.87. The molecule has 0 unspecified atom stereocenters. The molecule has 5 nitrogen and oxygen atoms in total. The molecule has 0 atom stereocenters. The highest BCUT2D eigenvalue weighted by Gasteiger charge is 2.13. The van der Waals surface area contributed by atoms with Crippen LogP contribution in [0.1, 0.15) is 10.4 Å². The number of carbonyl (C=O) groups excluding carboxylic acids is 1. The Balaban J connectivity index is 2.84. The first kappa shape index (κ1) is 15.8. The average Bonchev–Trinajstić information content (AvgIpc) is 2.38. The monoisotopic (exact) mass is 294 g/mol. The van der Waals surface area contributed by atoms with Crippen LogP contribution >= 0.6 is 11.6 Å². The maximum Gasteiger partial charge on any atom is 0.337 e. The lowest BCUT2D eigenvalue weighted by molar-refractivity contribution is 0.0697. The third-order valence-corrected chi connectivity index (χ3v) is 2.75. The lowest BCUT2D eigenvalue weighted by Gasteiger charge is -2.20. The maximum atomic E-state index is 12.0. The third-order valence-electron chi connectivity index (χ3n) is 2.44. The number of aromatic carboxylic acids is 1. The Hall–Kier alpha value is -2.27. The SMILES string of the molecule is C=CCN(CC=C)C(=O)Nc1ccc(C(=O)O)c(Cl)c1. The highest BCUT2D eigenvalue weighted by atomic mass is 35.5. The van der Waals surface area contributed by atoms with E-state index < -0.39 is 5.97 Å². The zero-order valence-corrected chi connectivity index (χ0v) is 11.6. The molecular formula is C14H15ClN2O3. The van der Waals surface area contributed by atoms with E-state index in [1.807, 2.05) is 0 Å². The van der Waals surface area contributed by atoms with E-state index in [1.165, 1.54) is 23.1 Å². The van der Waals surface area contributed by atoms with E-state index >= 15 is 0 Å². The molecule has 0 heterocycles. The number of urea groups is 1. The van der Waals surface area contributed by atoms with Crippen molar-refractivity contribution in [2.75, 3.05) is 18.4 Å². The molecule has 0 aliphatic carbocycles. The highest BCUT2D eigenvalue weighted by Crippen LogP contribution is 2.21. The molecule has 2 amide bonds. The van der Waals surface area contributed by atoms with Gasteiger partial charge in [-0.3, -0.25) is 0 Å². The number of amides is 2. The van der Waals surface area contributed by atoms with E-state index in [0.29, 0.717) is 18.8 Å². The number of hydrogen-bond donors (Lipinski definition) is 2. The summed E-state index contributed by atoms with van der Waals surface area (Å²) in [5, 5.41) is 11.6. The minimum Gasteiger partial charge on any atom is -0.478 e. The molecule has 0 saturated heterocycles. The molecule has 0 bridgehead atoms. The Morgan fingerprint density at radius 3 is 2.35 bits per heavy atom. The Morgan fingerprint density at radius 2 is 1.90 bits per heavy atom. The second-order valence-corrected chi connectivity index (χ2v) is 4.32. The number of benzene rings is 1. The summed E-state index contributed by atoms with van der Waals surface area (Å²) in [6.07, 6.45) is 3.20. The number of nitrogens with zero attached hydrogens (tertiary/aromatic N) is 1. The fourth-order valence-corrected chi connectivity index (χ4v) is 1.78. The van der Waals surface area contributed by atoms with E-state index in [2.05, 4.69) is 18.5 Å². The normalized spacial score (nSPS) is 9.65. The van der Waals surface area contributed by atoms with Crippen molar-refractivity contribution >= 4 is 29.3 Å². The molecule has 1 aromatic carbocycles. The fourth-order valence-electron chi connectivity index (χ4n) is 1.52. The summed E-state index contributed by atoms with van der Waals surface area (Å²) in [7, 11) is 0. The number of rotatable bonds is 6. The first-order valence-electron chi connectivity index (χ1n) is 5.80. The van der Waals surface area contributed by atoms with Crippen molar-refractivity contribution in [1.29, 1.82) is 0 Å². The van der Waals surface area contributed by atoms with Gasteiger partial charge in [0, 0.05) is 18.8 Å². The van der Waals surface area contributed by atoms with Gasteiger partial charge < -0.3 is 15.3 Å². The van der Waals surface area contributed by atoms with Crippen LogP contribution in [0.5, 0.6) is 0 Å². The van der Waals surface area contributed by atoms with Gasteiger partial charge in [-0.1, -0.05) is 23.8 Å². The predicted molar refractivity (Wildman–Crippen MR) is 79.4 cm³/mol. The molecule has 0 aromatic heterocycles. The minimum absolute atomic E-state index is 0.0151. The summed E-state index contributed by atoms with van der Waals surface area (Å²) >= 11 is 5.83. The third kappa shape index (κ3) is 4.13. The molecule has 0 aliphatic rings. The van der Waals surface area contributed by atoms with Gasteiger partial charge in [0.05, 0.1) is 10.6 Å². The van der Waals surface area contributed by atoms with Crippen LogP contribution in [0.15, 0.2) is 43.5 Å². The van der Waals surface area contributed by atoms with Crippen molar-refractivity contribution in [3.05, 3.63) is 54.1 Å². The lowest BCUT2D eigenvalue weighted by Crippen LogP contribution is -2.35. The molecule has 0 radical (unpaired) electrons. The molecule has 1 rings (SSSR count). The summed E-state index contributed by atoms with van der Waals surface area (Å²) in [5.41, 5.74) is 0.404. The second-order valence-electron chi connectivity index (χ2n) is 3.91. The van der Waals surface area contributed by atoms with Gasteiger partial charge in [-0.15, -0.1) is 13.2 Å². The van der Waals surface area contributed by atoms with Crippen LogP contribution in [-0.2, 0) is 0 Å². The lowest BCUT2D eigenvalue weighted by atomic mass is 10.2. The van der Waals surface area contributed by atoms with E-state index in [1.54, 1.807) is 12.2 Å². The zero-order valence-electron chi connectivity index (χ0n) is 10.8. The van der Waals surface area contributed by atoms with Crippen molar-refractivity contribution < 1.29 is 14.7 Å². The largest absolute Gasteiger partial charge is 0.478 e. The van der Waals surface area contributed by atoms with Crippen molar-refractivity contribution in [1.82, 2.24) is 4.90 Å². The Morgan fingerprint density at radius 1 is 1.30 bits per heavy atom. The summed E-state index contributed by atoms with van der Waals surface area (Å²) in [4.78, 5) is 24.3. The van der Waals surface area contributed by atoms with Gasteiger partial charge in [0.25, 0.3) is 0 Å². The Bertz CT molecular complexity index is 533. The van der Waals surface area contributed by atoms with E-state index in [0.717, 1.165) is 0 Å². The molecule has 0 aliphatic heterocycles. The van der Waals surface area contributed by atoms with Crippen LogP contribution in [0.25, 0.3) is 0 Å². The quantitative estimate of drug-likeness (QED) is 0.791. The standard InChI is InChI=1S/C14H15ClN2O3/c1-3-7-17(8-4-2)14(20)16-10-5-6-11(13(18)19)12(15)9-10/h3-6,9H,1-2,7-8H2,(H,16,20)(H,18,19). The van der Waals surface area contributed by atoms with E-state index in [-0.39, 0.29) is 16.6 Å². The number of nitrogens with one attached hydrogen (secondary N) is 1. The molecule has 1 aromatic rings. The van der Waals surface area contributed by atoms with Crippen molar-refractivity contribution in [2.45, 2.75) is 0 Å². The predicted octanol–water partition coefficient (Wildman–Crippen LogP) is 3.24. The molecule has 2 N–H and O–H groups in total. The van der Waals surface area contributed by atoms with Gasteiger partial charge in [0.15, 0.2) is 0 Å². The zero-order chi connectivity index (χ0) is 15.1. The fraction of sp³-hybridized carbons (Fsp3) is 0.143. The topological polar surface area (TPSA) is 69.6 Å². The maximum absolute atomic E-state index is 12.0. The number of halogens is 1. The van der Waals surface area contributed by atoms with Crippen LogP contribution in [0, 0.1) is 0 Å². The van der Waals surface area contributed by atoms with Gasteiger partial charge in [0.2, 0.25) is 0 Å². The minimum atomic E-state index is -1.12. The summed E-state index contributed by atoms with van der Waals surface area (Å²) in [6.45, 7) is 7.90. The summed E-state index contributed by atoms with van der Waals surface area (Å²) in [5.74, 6) is -1.12. The van der Waals surface area contributed by atoms with Gasteiger partial charge in [-0.05, 0) is 18.2 Å². The van der Waals surface area contributed by atoms with Crippen molar-refractivity contribution in [3.8, 4) is 0 Å². The second kappa shape index (κ2) is 7.35. The number of carboxylic acid groups (broad SMARTS) is 1. The first-order valence-corrected chi connectivity index (χ1v) is 6.18. The van der Waals surface area contributed by atoms with Crippen LogP contribution < -0.4 is 5.32 Å². The number of hydrogen-bond acceptors (Lipinski definition) is 2. The molecule has 6 heteroatoms. The average molecular weight is 295 g/mol. The first-order chi connectivity index (χ1) is 9.49. The molecule has 20 heavy (non-hydrogen) atoms. The number of anilines is 1. The van der Waals surface area contributed by atoms with Gasteiger partial charge in [-0.25, -0.2) is 9.59 Å². The highest BCUT2D eigenvalue weighted by molar-refractivity contribution is 6.33. The van der Waals surface area contributed by atoms with Gasteiger partial charge >= 0.3 is 12.0 Å². The van der Waals surface area contributed by atoms with Crippen LogP contribution in [0.3, 0.4) is 0 Å². The Labute approximate surface area is 122 Å². The molecular weight excluding hydrogens is 280 g/mol. The van der Waals surface area contributed by atoms with Gasteiger partial charge in [-0.2, -0.15) is 0 Å². The van der Waals surface area contributed by atoms with Crippen LogP contribution in [-0.4, -0.2) is 35.1 Å². The molecule has 0 spiro atoms. The van der Waals surface area contributed by atoms with Gasteiger partial charge in [0.1, 0.15) is 0 Å². The van der Waals surface area contributed by atoms with E-state index in [4.69, 9.17) is 16.7 Å². The Kier molecular flexibility index (Phi) is 5.80. The molecule has 106 valence electrons. The van der Waals surface area contributed by atoms with Crippen LogP contribution in [0.2, 0.25) is 5.02 Å². The van der Waals surface area contributed by atoms with Crippen LogP contribution in [0.4, 0.5) is 10.5 Å². The molecule has 0 saturated carbocycles. The number of carboxylic acids is 1. The van der Waals surface area contributed by atoms with Crippen molar-refractivity contribution in [2.24, 2.45) is 0 Å². The number of carbonyl (C=O) groups is 2. The summed E-state index contributed by atoms with van der Waals surface area (Å²) < 4.78 is 0. The van der Waals surface area contributed by atoms with E-state index in [9.17, 15) is 9.59 Å². The molecule has 0 fully saturated rings. The smallest absolute Gasteiger partial charge is 0.337 e.